The summed E-state index contributed by atoms with van der Waals surface area (Å²) >= 11 is 0. The predicted octanol–water partition coefficient (Wildman–Crippen LogP) is 4.48. The quantitative estimate of drug-likeness (QED) is 0.375. The van der Waals surface area contributed by atoms with E-state index in [0.717, 1.165) is 12.1 Å². The average Bonchev–Trinajstić information content (AvgIpc) is 3.40. The van der Waals surface area contributed by atoms with Crippen molar-refractivity contribution in [3.63, 3.8) is 0 Å². The zero-order chi connectivity index (χ0) is 26.8. The first kappa shape index (κ1) is 23.9. The maximum Gasteiger partial charge on any atom is 0.418 e. The maximum atomic E-state index is 13.9. The molecule has 3 aromatic rings. The predicted molar refractivity (Wildman–Crippen MR) is 131 cm³/mol. The van der Waals surface area contributed by atoms with E-state index in [-0.39, 0.29) is 5.56 Å². The van der Waals surface area contributed by atoms with Crippen LogP contribution in [0.2, 0.25) is 0 Å². The average molecular weight is 519 g/mol. The Balaban J connectivity index is 1.50. The lowest BCUT2D eigenvalue weighted by Gasteiger charge is -2.34. The SMILES string of the molecule is COc1ccc(C(=O)[C@H]2[C@@H]3C(=O)N(c4ccccc4C(F)(F)F)C(=O)[C@@H]3[C@H]3c4ccccc4C=NN32)cc1. The van der Waals surface area contributed by atoms with Crippen LogP contribution in [0.4, 0.5) is 18.9 Å². The van der Waals surface area contributed by atoms with Crippen LogP contribution < -0.4 is 9.64 Å². The minimum Gasteiger partial charge on any atom is -0.497 e. The second-order valence-electron chi connectivity index (χ2n) is 9.31. The van der Waals surface area contributed by atoms with Crippen molar-refractivity contribution in [1.29, 1.82) is 0 Å². The van der Waals surface area contributed by atoms with Gasteiger partial charge in [-0.15, -0.1) is 0 Å². The van der Waals surface area contributed by atoms with Gasteiger partial charge in [0.2, 0.25) is 11.8 Å². The monoisotopic (exact) mass is 519 g/mol. The second kappa shape index (κ2) is 8.54. The normalized spacial score (nSPS) is 23.8. The molecule has 0 spiro atoms. The van der Waals surface area contributed by atoms with E-state index in [1.54, 1.807) is 54.7 Å². The van der Waals surface area contributed by atoms with E-state index >= 15 is 0 Å². The van der Waals surface area contributed by atoms with E-state index in [1.165, 1.54) is 24.3 Å². The van der Waals surface area contributed by atoms with Gasteiger partial charge in [0, 0.05) is 5.56 Å². The molecule has 0 radical (unpaired) electrons. The molecule has 3 aromatic carbocycles. The number of anilines is 1. The molecule has 38 heavy (non-hydrogen) atoms. The summed E-state index contributed by atoms with van der Waals surface area (Å²) < 4.78 is 46.7. The van der Waals surface area contributed by atoms with Gasteiger partial charge in [-0.2, -0.15) is 18.3 Å². The van der Waals surface area contributed by atoms with Crippen LogP contribution >= 0.6 is 0 Å². The van der Waals surface area contributed by atoms with Gasteiger partial charge in [0.15, 0.2) is 5.78 Å². The van der Waals surface area contributed by atoms with Crippen molar-refractivity contribution in [2.45, 2.75) is 18.3 Å². The lowest BCUT2D eigenvalue weighted by atomic mass is 9.83. The summed E-state index contributed by atoms with van der Waals surface area (Å²) in [6.45, 7) is 0. The van der Waals surface area contributed by atoms with Gasteiger partial charge in [0.1, 0.15) is 11.8 Å². The number of benzene rings is 3. The smallest absolute Gasteiger partial charge is 0.418 e. The minimum atomic E-state index is -4.79. The molecule has 0 aliphatic carbocycles. The number of methoxy groups -OCH3 is 1. The molecule has 2 fully saturated rings. The van der Waals surface area contributed by atoms with Crippen LogP contribution in [0, 0.1) is 11.8 Å². The number of hydrazone groups is 1. The highest BCUT2D eigenvalue weighted by atomic mass is 19.4. The van der Waals surface area contributed by atoms with Crippen molar-refractivity contribution in [3.05, 3.63) is 95.1 Å². The lowest BCUT2D eigenvalue weighted by molar-refractivity contribution is -0.137. The van der Waals surface area contributed by atoms with Gasteiger partial charge in [-0.25, -0.2) is 4.90 Å². The number of hydrogen-bond acceptors (Lipinski definition) is 6. The molecule has 2 amide bonds. The van der Waals surface area contributed by atoms with E-state index in [2.05, 4.69) is 5.10 Å². The number of alkyl halides is 3. The van der Waals surface area contributed by atoms with Crippen LogP contribution in [0.25, 0.3) is 0 Å². The minimum absolute atomic E-state index is 0.263. The van der Waals surface area contributed by atoms with Gasteiger partial charge in [-0.1, -0.05) is 36.4 Å². The number of Topliss-reactive ketones (excluding diaryl/α,β-unsaturated/α-hetero) is 1. The Hall–Kier alpha value is -4.47. The van der Waals surface area contributed by atoms with E-state index in [9.17, 15) is 27.6 Å². The number of carbonyl (C=O) groups excluding carboxylic acids is 3. The zero-order valence-electron chi connectivity index (χ0n) is 19.9. The van der Waals surface area contributed by atoms with E-state index < -0.39 is 58.9 Å². The van der Waals surface area contributed by atoms with Crippen molar-refractivity contribution in [2.75, 3.05) is 12.0 Å². The number of ketones is 1. The molecular formula is C28H20F3N3O4. The lowest BCUT2D eigenvalue weighted by Crippen LogP contribution is -2.45. The number of nitrogens with zero attached hydrogens (tertiary/aromatic N) is 3. The number of fused-ring (bicyclic) bond motifs is 5. The Kier molecular flexibility index (Phi) is 5.37. The molecule has 4 atom stereocenters. The van der Waals surface area contributed by atoms with Crippen LogP contribution in [0.3, 0.4) is 0 Å². The molecule has 3 aliphatic rings. The molecule has 3 heterocycles. The van der Waals surface area contributed by atoms with Crippen LogP contribution in [-0.4, -0.2) is 42.0 Å². The number of hydrogen-bond donors (Lipinski definition) is 0. The molecule has 0 aromatic heterocycles. The Bertz CT molecular complexity index is 1500. The number of carbonyl (C=O) groups is 3. The fourth-order valence-electron chi connectivity index (χ4n) is 5.74. The van der Waals surface area contributed by atoms with Gasteiger partial charge < -0.3 is 4.74 Å². The molecule has 10 heteroatoms. The first-order chi connectivity index (χ1) is 18.2. The molecule has 0 unspecified atom stereocenters. The largest absolute Gasteiger partial charge is 0.497 e. The van der Waals surface area contributed by atoms with E-state index in [0.29, 0.717) is 21.8 Å². The van der Waals surface area contributed by atoms with Crippen LogP contribution in [0.15, 0.2) is 77.9 Å². The highest BCUT2D eigenvalue weighted by Gasteiger charge is 2.65. The molecular weight excluding hydrogens is 499 g/mol. The summed E-state index contributed by atoms with van der Waals surface area (Å²) in [5.74, 6) is -3.92. The summed E-state index contributed by atoms with van der Waals surface area (Å²) in [5, 5.41) is 5.93. The van der Waals surface area contributed by atoms with Gasteiger partial charge in [-0.3, -0.25) is 19.4 Å². The standard InChI is InChI=1S/C28H20F3N3O4/c1-38-17-12-10-15(11-13-17)25(35)24-22-21(23-18-7-3-2-6-16(18)14-32-34(23)24)26(36)33(27(22)37)20-9-5-4-8-19(20)28(29,30)31/h2-14,21-24H,1H3/t21-,22+,23+,24+/m0/s1. The Morgan fingerprint density at radius 3 is 2.26 bits per heavy atom. The van der Waals surface area contributed by atoms with Gasteiger partial charge in [-0.05, 0) is 47.5 Å². The number of amides is 2. The highest BCUT2D eigenvalue weighted by molar-refractivity contribution is 6.25. The molecule has 0 N–H and O–H groups in total. The molecule has 0 bridgehead atoms. The topological polar surface area (TPSA) is 79.3 Å². The van der Waals surface area contributed by atoms with E-state index in [1.807, 2.05) is 0 Å². The Morgan fingerprint density at radius 2 is 1.55 bits per heavy atom. The third-order valence-electron chi connectivity index (χ3n) is 7.39. The van der Waals surface area contributed by atoms with Crippen molar-refractivity contribution in [1.82, 2.24) is 5.01 Å². The van der Waals surface area contributed by atoms with Crippen LogP contribution in [0.5, 0.6) is 5.75 Å². The Labute approximate surface area is 215 Å². The summed E-state index contributed by atoms with van der Waals surface area (Å²) in [7, 11) is 1.49. The molecule has 7 nitrogen and oxygen atoms in total. The summed E-state index contributed by atoms with van der Waals surface area (Å²) in [5.41, 5.74) is 0.00513. The molecule has 0 saturated carbocycles. The number of ether oxygens (including phenoxy) is 1. The number of imide groups is 1. The molecule has 6 rings (SSSR count). The van der Waals surface area contributed by atoms with Crippen molar-refractivity contribution in [3.8, 4) is 5.75 Å². The summed E-state index contributed by atoms with van der Waals surface area (Å²) in [4.78, 5) is 42.2. The summed E-state index contributed by atoms with van der Waals surface area (Å²) in [6.07, 6.45) is -3.23. The summed E-state index contributed by atoms with van der Waals surface area (Å²) in [6, 6.07) is 15.9. The first-order valence-electron chi connectivity index (χ1n) is 11.9. The van der Waals surface area contributed by atoms with Gasteiger partial charge in [0.25, 0.3) is 0 Å². The first-order valence-corrected chi connectivity index (χ1v) is 11.9. The highest BCUT2D eigenvalue weighted by Crippen LogP contribution is 2.54. The number of halogens is 3. The Morgan fingerprint density at radius 1 is 0.895 bits per heavy atom. The van der Waals surface area contributed by atoms with Gasteiger partial charge >= 0.3 is 6.18 Å². The number of para-hydroxylation sites is 1. The van der Waals surface area contributed by atoms with E-state index in [4.69, 9.17) is 4.74 Å². The second-order valence-corrected chi connectivity index (χ2v) is 9.31. The molecule has 2 saturated heterocycles. The van der Waals surface area contributed by atoms with Crippen LogP contribution in [-0.2, 0) is 15.8 Å². The van der Waals surface area contributed by atoms with Crippen molar-refractivity contribution in [2.24, 2.45) is 16.9 Å². The maximum absolute atomic E-state index is 13.9. The third kappa shape index (κ3) is 3.43. The fraction of sp³-hybridized carbons (Fsp3) is 0.214. The number of rotatable bonds is 4. The third-order valence-corrected chi connectivity index (χ3v) is 7.39. The zero-order valence-corrected chi connectivity index (χ0v) is 19.9. The van der Waals surface area contributed by atoms with Crippen LogP contribution in [0.1, 0.15) is 33.1 Å². The van der Waals surface area contributed by atoms with Crippen molar-refractivity contribution < 1.29 is 32.3 Å². The molecule has 3 aliphatic heterocycles. The molecule has 192 valence electrons. The fourth-order valence-corrected chi connectivity index (χ4v) is 5.74. The van der Waals surface area contributed by atoms with Gasteiger partial charge in [0.05, 0.1) is 42.5 Å². The van der Waals surface area contributed by atoms with Crippen molar-refractivity contribution >= 4 is 29.5 Å².